The molecule has 0 saturated carbocycles. The van der Waals surface area contributed by atoms with Crippen LogP contribution in [-0.2, 0) is 24.8 Å². The first kappa shape index (κ1) is 14.1. The van der Waals surface area contributed by atoms with E-state index in [2.05, 4.69) is 10.4 Å². The molecule has 106 valence electrons. The second kappa shape index (κ2) is 6.21. The van der Waals surface area contributed by atoms with Crippen molar-refractivity contribution in [2.45, 2.75) is 19.0 Å². The molecule has 1 heterocycles. The number of hydrogen-bond acceptors (Lipinski definition) is 4. The maximum Gasteiger partial charge on any atom is 0.237 e. The molecule has 0 radical (unpaired) electrons. The molecular weight excluding hydrogens is 256 g/mol. The summed E-state index contributed by atoms with van der Waals surface area (Å²) in [6.45, 7) is 0.401. The van der Waals surface area contributed by atoms with Crippen LogP contribution >= 0.6 is 0 Å². The maximum atomic E-state index is 11.9. The zero-order valence-electron chi connectivity index (χ0n) is 11.3. The third-order valence-electron chi connectivity index (χ3n) is 3.09. The molecule has 20 heavy (non-hydrogen) atoms. The highest BCUT2D eigenvalue weighted by Crippen LogP contribution is 2.10. The van der Waals surface area contributed by atoms with Crippen molar-refractivity contribution in [1.82, 2.24) is 15.1 Å². The van der Waals surface area contributed by atoms with Gasteiger partial charge < -0.3 is 16.2 Å². The number of aromatic hydroxyl groups is 1. The molecule has 4 N–H and O–H groups in total. The molecule has 0 aliphatic carbocycles. The van der Waals surface area contributed by atoms with E-state index < -0.39 is 6.04 Å². The topological polar surface area (TPSA) is 93.2 Å². The van der Waals surface area contributed by atoms with Gasteiger partial charge in [0.15, 0.2) is 0 Å². The van der Waals surface area contributed by atoms with Crippen LogP contribution in [0.15, 0.2) is 36.5 Å². The summed E-state index contributed by atoms with van der Waals surface area (Å²) in [6.07, 6.45) is 2.11. The molecule has 6 heteroatoms. The fourth-order valence-corrected chi connectivity index (χ4v) is 1.86. The molecule has 1 aromatic heterocycles. The zero-order valence-corrected chi connectivity index (χ0v) is 11.3. The lowest BCUT2D eigenvalue weighted by molar-refractivity contribution is -0.122. The lowest BCUT2D eigenvalue weighted by Crippen LogP contribution is -2.41. The van der Waals surface area contributed by atoms with E-state index in [-0.39, 0.29) is 11.7 Å². The first-order valence-electron chi connectivity index (χ1n) is 6.34. The van der Waals surface area contributed by atoms with E-state index in [9.17, 15) is 9.90 Å². The monoisotopic (exact) mass is 274 g/mol. The van der Waals surface area contributed by atoms with E-state index in [4.69, 9.17) is 5.73 Å². The van der Waals surface area contributed by atoms with Crippen molar-refractivity contribution in [3.05, 3.63) is 47.8 Å². The van der Waals surface area contributed by atoms with Crippen LogP contribution in [0.2, 0.25) is 0 Å². The quantitative estimate of drug-likeness (QED) is 0.731. The first-order chi connectivity index (χ1) is 9.56. The van der Waals surface area contributed by atoms with Gasteiger partial charge >= 0.3 is 0 Å². The van der Waals surface area contributed by atoms with Crippen LogP contribution in [0.1, 0.15) is 11.3 Å². The lowest BCUT2D eigenvalue weighted by atomic mass is 10.1. The number of nitrogens with two attached hydrogens (primary N) is 1. The Morgan fingerprint density at radius 3 is 2.70 bits per heavy atom. The highest BCUT2D eigenvalue weighted by molar-refractivity contribution is 5.81. The molecule has 0 aliphatic rings. The molecule has 0 fully saturated rings. The van der Waals surface area contributed by atoms with Gasteiger partial charge in [-0.05, 0) is 30.2 Å². The van der Waals surface area contributed by atoms with Gasteiger partial charge in [0.05, 0.1) is 18.3 Å². The van der Waals surface area contributed by atoms with Crippen LogP contribution in [0.4, 0.5) is 0 Å². The summed E-state index contributed by atoms with van der Waals surface area (Å²) in [5.74, 6) is -0.0118. The molecule has 0 aliphatic heterocycles. The molecule has 0 bridgehead atoms. The number of hydrogen-bond donors (Lipinski definition) is 3. The Kier molecular flexibility index (Phi) is 4.37. The Morgan fingerprint density at radius 1 is 1.40 bits per heavy atom. The minimum atomic E-state index is -0.618. The minimum Gasteiger partial charge on any atom is -0.508 e. The number of nitrogens with one attached hydrogen (secondary N) is 1. The SMILES string of the molecule is Cn1nccc1CNC(=O)[C@@H](N)Cc1ccc(O)cc1. The number of aryl methyl sites for hydroxylation is 1. The molecule has 2 aromatic rings. The summed E-state index contributed by atoms with van der Waals surface area (Å²) in [6, 6.07) is 7.89. The van der Waals surface area contributed by atoms with Crippen molar-refractivity contribution < 1.29 is 9.90 Å². The van der Waals surface area contributed by atoms with Crippen molar-refractivity contribution in [2.75, 3.05) is 0 Å². The number of rotatable bonds is 5. The van der Waals surface area contributed by atoms with Crippen molar-refractivity contribution in [2.24, 2.45) is 12.8 Å². The van der Waals surface area contributed by atoms with Gasteiger partial charge in [-0.3, -0.25) is 9.48 Å². The first-order valence-corrected chi connectivity index (χ1v) is 6.34. The highest BCUT2D eigenvalue weighted by Gasteiger charge is 2.14. The molecule has 6 nitrogen and oxygen atoms in total. The number of phenols is 1. The fraction of sp³-hybridized carbons (Fsp3) is 0.286. The van der Waals surface area contributed by atoms with Gasteiger partial charge in [-0.2, -0.15) is 5.10 Å². The van der Waals surface area contributed by atoms with Crippen LogP contribution in [0.3, 0.4) is 0 Å². The summed E-state index contributed by atoms with van der Waals surface area (Å²) in [7, 11) is 1.82. The van der Waals surface area contributed by atoms with E-state index >= 15 is 0 Å². The van der Waals surface area contributed by atoms with Crippen molar-refractivity contribution >= 4 is 5.91 Å². The number of carbonyl (C=O) groups excluding carboxylic acids is 1. The fourth-order valence-electron chi connectivity index (χ4n) is 1.86. The average molecular weight is 274 g/mol. The van der Waals surface area contributed by atoms with E-state index in [0.717, 1.165) is 11.3 Å². The summed E-state index contributed by atoms with van der Waals surface area (Å²) >= 11 is 0. The van der Waals surface area contributed by atoms with Gasteiger partial charge in [0.25, 0.3) is 0 Å². The molecule has 1 amide bonds. The third-order valence-corrected chi connectivity index (χ3v) is 3.09. The Morgan fingerprint density at radius 2 is 2.10 bits per heavy atom. The Hall–Kier alpha value is -2.34. The second-order valence-electron chi connectivity index (χ2n) is 4.64. The van der Waals surface area contributed by atoms with Gasteiger partial charge in [-0.15, -0.1) is 0 Å². The van der Waals surface area contributed by atoms with Gasteiger partial charge in [-0.1, -0.05) is 12.1 Å². The van der Waals surface area contributed by atoms with Crippen LogP contribution in [0, 0.1) is 0 Å². The number of nitrogens with zero attached hydrogens (tertiary/aromatic N) is 2. The number of aromatic nitrogens is 2. The van der Waals surface area contributed by atoms with Crippen LogP contribution in [-0.4, -0.2) is 26.8 Å². The smallest absolute Gasteiger partial charge is 0.237 e. The van der Waals surface area contributed by atoms with Crippen LogP contribution in [0.25, 0.3) is 0 Å². The summed E-state index contributed by atoms with van der Waals surface area (Å²) < 4.78 is 1.70. The predicted molar refractivity (Wildman–Crippen MR) is 74.8 cm³/mol. The van der Waals surface area contributed by atoms with Crippen LogP contribution in [0.5, 0.6) is 5.75 Å². The molecule has 0 unspecified atom stereocenters. The molecule has 0 saturated heterocycles. The van der Waals surface area contributed by atoms with Crippen molar-refractivity contribution in [1.29, 1.82) is 0 Å². The van der Waals surface area contributed by atoms with E-state index in [1.165, 1.54) is 0 Å². The van der Waals surface area contributed by atoms with E-state index in [0.29, 0.717) is 13.0 Å². The van der Waals surface area contributed by atoms with Gasteiger partial charge in [-0.25, -0.2) is 0 Å². The maximum absolute atomic E-state index is 11.9. The third kappa shape index (κ3) is 3.58. The minimum absolute atomic E-state index is 0.197. The normalized spacial score (nSPS) is 12.1. The van der Waals surface area contributed by atoms with E-state index in [1.54, 1.807) is 35.1 Å². The Labute approximate surface area is 117 Å². The molecule has 1 aromatic carbocycles. The van der Waals surface area contributed by atoms with Gasteiger partial charge in [0, 0.05) is 13.2 Å². The Balaban J connectivity index is 1.86. The second-order valence-corrected chi connectivity index (χ2v) is 4.64. The number of benzene rings is 1. The van der Waals surface area contributed by atoms with Crippen LogP contribution < -0.4 is 11.1 Å². The van der Waals surface area contributed by atoms with Crippen molar-refractivity contribution in [3.8, 4) is 5.75 Å². The zero-order chi connectivity index (χ0) is 14.5. The average Bonchev–Trinajstić information content (AvgIpc) is 2.84. The summed E-state index contributed by atoms with van der Waals surface area (Å²) in [5.41, 5.74) is 7.69. The van der Waals surface area contributed by atoms with Crippen molar-refractivity contribution in [3.63, 3.8) is 0 Å². The number of carbonyl (C=O) groups is 1. The van der Waals surface area contributed by atoms with Gasteiger partial charge in [0.2, 0.25) is 5.91 Å². The highest BCUT2D eigenvalue weighted by atomic mass is 16.3. The lowest BCUT2D eigenvalue weighted by Gasteiger charge is -2.12. The Bertz CT molecular complexity index is 577. The number of phenolic OH excluding ortho intramolecular Hbond substituents is 1. The summed E-state index contributed by atoms with van der Waals surface area (Å²) in [4.78, 5) is 11.9. The molecule has 0 spiro atoms. The standard InChI is InChI=1S/C14H18N4O2/c1-18-11(6-7-17-18)9-16-14(20)13(15)8-10-2-4-12(19)5-3-10/h2-7,13,19H,8-9,15H2,1H3,(H,16,20)/t13-/m0/s1. The summed E-state index contributed by atoms with van der Waals surface area (Å²) in [5, 5.41) is 16.0. The predicted octanol–water partition coefficient (Wildman–Crippen LogP) is 0.312. The largest absolute Gasteiger partial charge is 0.508 e. The number of amides is 1. The molecule has 1 atom stereocenters. The molecular formula is C14H18N4O2. The van der Waals surface area contributed by atoms with E-state index in [1.807, 2.05) is 13.1 Å². The van der Waals surface area contributed by atoms with Gasteiger partial charge in [0.1, 0.15) is 5.75 Å². The molecule has 2 rings (SSSR count).